The molecule has 0 saturated heterocycles. The zero-order valence-corrected chi connectivity index (χ0v) is 19.7. The number of carbonyl (C=O) groups is 2. The van der Waals surface area contributed by atoms with E-state index in [0.29, 0.717) is 25.7 Å². The zero-order chi connectivity index (χ0) is 24.1. The minimum absolute atomic E-state index is 0.00428. The molecular weight excluding hydrogens is 412 g/mol. The van der Waals surface area contributed by atoms with Crippen molar-refractivity contribution in [3.8, 4) is 0 Å². The lowest BCUT2D eigenvalue weighted by molar-refractivity contribution is -0.165. The number of carboxylic acids is 1. The van der Waals surface area contributed by atoms with Crippen molar-refractivity contribution in [1.29, 1.82) is 0 Å². The van der Waals surface area contributed by atoms with E-state index in [1.165, 1.54) is 0 Å². The Kier molecular flexibility index (Phi) is 9.49. The summed E-state index contributed by atoms with van der Waals surface area (Å²) in [4.78, 5) is 23.6. The van der Waals surface area contributed by atoms with Crippen LogP contribution in [0, 0.1) is 29.1 Å². The van der Waals surface area contributed by atoms with E-state index < -0.39 is 23.6 Å². The van der Waals surface area contributed by atoms with Crippen LogP contribution in [0.1, 0.15) is 66.2 Å². The second-order valence-electron chi connectivity index (χ2n) is 10.2. The molecule has 0 bridgehead atoms. The fraction of sp³-hybridized carbons (Fsp3) is 0.760. The molecule has 0 spiro atoms. The molecule has 2 rings (SSSR count). The highest BCUT2D eigenvalue weighted by molar-refractivity contribution is 5.76. The first-order valence-electron chi connectivity index (χ1n) is 11.8. The monoisotopic (exact) mass is 452 g/mol. The van der Waals surface area contributed by atoms with Gasteiger partial charge in [-0.25, -0.2) is 0 Å². The Morgan fingerprint density at radius 1 is 1.25 bits per heavy atom. The van der Waals surface area contributed by atoms with Crippen molar-refractivity contribution in [2.75, 3.05) is 6.61 Å². The smallest absolute Gasteiger partial charge is 0.311 e. The number of rotatable bonds is 11. The second-order valence-corrected chi connectivity index (χ2v) is 10.2. The Morgan fingerprint density at radius 2 is 1.94 bits per heavy atom. The van der Waals surface area contributed by atoms with Gasteiger partial charge in [-0.1, -0.05) is 32.1 Å². The normalized spacial score (nSPS) is 29.6. The van der Waals surface area contributed by atoms with Gasteiger partial charge in [-0.3, -0.25) is 9.59 Å². The minimum Gasteiger partial charge on any atom is -0.481 e. The molecule has 182 valence electrons. The third-order valence-electron chi connectivity index (χ3n) is 7.19. The molecule has 32 heavy (non-hydrogen) atoms. The number of aliphatic carboxylic acids is 1. The Hall–Kier alpha value is -1.70. The number of aliphatic hydroxyl groups excluding tert-OH is 3. The van der Waals surface area contributed by atoms with Crippen molar-refractivity contribution < 1.29 is 34.8 Å². The molecule has 7 atom stereocenters. The largest absolute Gasteiger partial charge is 0.481 e. The maximum Gasteiger partial charge on any atom is 0.311 e. The van der Waals surface area contributed by atoms with Crippen LogP contribution in [-0.4, -0.2) is 57.3 Å². The van der Waals surface area contributed by atoms with Crippen molar-refractivity contribution in [3.05, 3.63) is 23.8 Å². The van der Waals surface area contributed by atoms with E-state index >= 15 is 0 Å². The van der Waals surface area contributed by atoms with Crippen molar-refractivity contribution in [1.82, 2.24) is 0 Å². The fourth-order valence-electron chi connectivity index (χ4n) is 4.77. The summed E-state index contributed by atoms with van der Waals surface area (Å²) < 4.78 is 6.05. The SMILES string of the molecule is CCC(C)(C)C(=O)O[C@H]1C[C@H](CO)C=C2C=C[C@H](C)[C@H](CC[C@H](O)C[C@@H](O)CC(=O)O)[C@H]21. The summed E-state index contributed by atoms with van der Waals surface area (Å²) in [5.74, 6) is -1.09. The number of fused-ring (bicyclic) bond motifs is 1. The maximum absolute atomic E-state index is 12.9. The number of allylic oxidation sites excluding steroid dienone is 2. The number of carboxylic acid groups (broad SMARTS) is 1. The van der Waals surface area contributed by atoms with Crippen LogP contribution < -0.4 is 0 Å². The van der Waals surface area contributed by atoms with E-state index in [-0.39, 0.29) is 55.2 Å². The molecule has 7 nitrogen and oxygen atoms in total. The second kappa shape index (κ2) is 11.4. The highest BCUT2D eigenvalue weighted by atomic mass is 16.5. The first-order chi connectivity index (χ1) is 15.0. The van der Waals surface area contributed by atoms with Crippen LogP contribution in [0.25, 0.3) is 0 Å². The molecule has 0 amide bonds. The topological polar surface area (TPSA) is 124 Å². The summed E-state index contributed by atoms with van der Waals surface area (Å²) in [5, 5.41) is 38.8. The highest BCUT2D eigenvalue weighted by Crippen LogP contribution is 2.45. The molecule has 0 radical (unpaired) electrons. The molecule has 0 aliphatic heterocycles. The number of hydrogen-bond acceptors (Lipinski definition) is 6. The number of hydrogen-bond donors (Lipinski definition) is 4. The molecule has 0 heterocycles. The van der Waals surface area contributed by atoms with Crippen LogP contribution in [0.5, 0.6) is 0 Å². The predicted octanol–water partition coefficient (Wildman–Crippen LogP) is 3.08. The van der Waals surface area contributed by atoms with Gasteiger partial charge in [0.1, 0.15) is 6.10 Å². The van der Waals surface area contributed by atoms with Gasteiger partial charge >= 0.3 is 11.9 Å². The Bertz CT molecular complexity index is 711. The summed E-state index contributed by atoms with van der Waals surface area (Å²) in [5.41, 5.74) is 0.476. The number of esters is 1. The van der Waals surface area contributed by atoms with E-state index in [1.54, 1.807) is 0 Å². The Morgan fingerprint density at radius 3 is 2.53 bits per heavy atom. The third-order valence-corrected chi connectivity index (χ3v) is 7.19. The standard InChI is InChI=1S/C25H40O7/c1-5-25(3,4)24(31)32-21-11-16(14-26)10-17-7-6-15(2)20(23(17)21)9-8-18(27)12-19(28)13-22(29)30/h6-7,10,15-16,18-21,23,26-28H,5,8-9,11-14H2,1-4H3,(H,29,30)/t15-,16+,18-,19+,20-,21-,23-/m0/s1. The molecule has 2 aliphatic carbocycles. The Labute approximate surface area is 191 Å². The van der Waals surface area contributed by atoms with Crippen LogP contribution in [0.15, 0.2) is 23.8 Å². The molecule has 0 fully saturated rings. The Balaban J connectivity index is 2.16. The van der Waals surface area contributed by atoms with Crippen molar-refractivity contribution >= 4 is 11.9 Å². The number of ether oxygens (including phenoxy) is 1. The van der Waals surface area contributed by atoms with Crippen LogP contribution in [0.4, 0.5) is 0 Å². The lowest BCUT2D eigenvalue weighted by atomic mass is 9.65. The van der Waals surface area contributed by atoms with E-state index in [0.717, 1.165) is 5.57 Å². The van der Waals surface area contributed by atoms with Gasteiger partial charge in [0.05, 0.1) is 24.0 Å². The van der Waals surface area contributed by atoms with Gasteiger partial charge in [-0.15, -0.1) is 0 Å². The van der Waals surface area contributed by atoms with Gasteiger partial charge in [0.25, 0.3) is 0 Å². The van der Waals surface area contributed by atoms with E-state index in [2.05, 4.69) is 25.2 Å². The van der Waals surface area contributed by atoms with Gasteiger partial charge in [0, 0.05) is 18.4 Å². The average Bonchev–Trinajstić information content (AvgIpc) is 2.72. The minimum atomic E-state index is -1.09. The van der Waals surface area contributed by atoms with E-state index in [9.17, 15) is 24.9 Å². The molecule has 0 saturated carbocycles. The van der Waals surface area contributed by atoms with Crippen molar-refractivity contribution in [2.24, 2.45) is 29.1 Å². The van der Waals surface area contributed by atoms with Gasteiger partial charge in [-0.05, 0) is 63.4 Å². The zero-order valence-electron chi connectivity index (χ0n) is 19.7. The first-order valence-corrected chi connectivity index (χ1v) is 11.8. The fourth-order valence-corrected chi connectivity index (χ4v) is 4.77. The van der Waals surface area contributed by atoms with E-state index in [1.807, 2.05) is 20.8 Å². The summed E-state index contributed by atoms with van der Waals surface area (Å²) in [6.45, 7) is 7.81. The summed E-state index contributed by atoms with van der Waals surface area (Å²) in [6.07, 6.45) is 5.97. The van der Waals surface area contributed by atoms with Crippen LogP contribution in [0.3, 0.4) is 0 Å². The molecule has 0 unspecified atom stereocenters. The van der Waals surface area contributed by atoms with Crippen molar-refractivity contribution in [2.45, 2.75) is 84.5 Å². The molecule has 0 aromatic heterocycles. The lowest BCUT2D eigenvalue weighted by Crippen LogP contribution is -2.43. The van der Waals surface area contributed by atoms with E-state index in [4.69, 9.17) is 9.84 Å². The molecule has 4 N–H and O–H groups in total. The third kappa shape index (κ3) is 6.90. The average molecular weight is 453 g/mol. The molecule has 0 aromatic rings. The van der Waals surface area contributed by atoms with Gasteiger partial charge < -0.3 is 25.2 Å². The molecule has 2 aliphatic rings. The van der Waals surface area contributed by atoms with Crippen LogP contribution in [0.2, 0.25) is 0 Å². The molecule has 0 aromatic carbocycles. The first kappa shape index (κ1) is 26.6. The van der Waals surface area contributed by atoms with Crippen molar-refractivity contribution in [3.63, 3.8) is 0 Å². The maximum atomic E-state index is 12.9. The van der Waals surface area contributed by atoms with Gasteiger partial charge in [-0.2, -0.15) is 0 Å². The summed E-state index contributed by atoms with van der Waals surface area (Å²) in [7, 11) is 0. The van der Waals surface area contributed by atoms with Crippen LogP contribution in [-0.2, 0) is 14.3 Å². The number of carbonyl (C=O) groups excluding carboxylic acids is 1. The lowest BCUT2D eigenvalue weighted by Gasteiger charge is -2.44. The predicted molar refractivity (Wildman–Crippen MR) is 121 cm³/mol. The van der Waals surface area contributed by atoms with Crippen LogP contribution >= 0.6 is 0 Å². The number of aliphatic hydroxyl groups is 3. The quantitative estimate of drug-likeness (QED) is 0.355. The summed E-state index contributed by atoms with van der Waals surface area (Å²) in [6, 6.07) is 0. The molecular formula is C25H40O7. The summed E-state index contributed by atoms with van der Waals surface area (Å²) >= 11 is 0. The molecule has 7 heteroatoms. The highest BCUT2D eigenvalue weighted by Gasteiger charge is 2.43. The van der Waals surface area contributed by atoms with Gasteiger partial charge in [0.2, 0.25) is 0 Å². The van der Waals surface area contributed by atoms with Gasteiger partial charge in [0.15, 0.2) is 0 Å².